The summed E-state index contributed by atoms with van der Waals surface area (Å²) in [6, 6.07) is 5.19. The van der Waals surface area contributed by atoms with Gasteiger partial charge in [-0.25, -0.2) is 14.4 Å². The van der Waals surface area contributed by atoms with Crippen LogP contribution in [0.25, 0.3) is 0 Å². The van der Waals surface area contributed by atoms with Crippen LogP contribution >= 0.6 is 11.6 Å². The number of fused-ring (bicyclic) bond motifs is 3. The van der Waals surface area contributed by atoms with Crippen molar-refractivity contribution in [2.75, 3.05) is 16.8 Å². The van der Waals surface area contributed by atoms with Crippen molar-refractivity contribution in [2.24, 2.45) is 11.3 Å². The van der Waals surface area contributed by atoms with Crippen LogP contribution in [0.2, 0.25) is 5.15 Å². The Balaban J connectivity index is 1.58. The molecule has 0 spiro atoms. The van der Waals surface area contributed by atoms with Crippen molar-refractivity contribution < 1.29 is 9.18 Å². The van der Waals surface area contributed by atoms with E-state index in [0.29, 0.717) is 30.0 Å². The number of rotatable bonds is 4. The highest BCUT2D eigenvalue weighted by Gasteiger charge is 2.46. The Morgan fingerprint density at radius 2 is 2.18 bits per heavy atom. The fourth-order valence-electron chi connectivity index (χ4n) is 3.80. The highest BCUT2D eigenvalue weighted by Crippen LogP contribution is 2.54. The summed E-state index contributed by atoms with van der Waals surface area (Å²) in [6.45, 7) is 7.42. The van der Waals surface area contributed by atoms with Crippen LogP contribution in [0, 0.1) is 17.2 Å². The second-order valence-electron chi connectivity index (χ2n) is 8.98. The molecule has 148 valence electrons. The molecule has 2 atom stereocenters. The van der Waals surface area contributed by atoms with Crippen molar-refractivity contribution in [3.63, 3.8) is 0 Å². The van der Waals surface area contributed by atoms with Crippen molar-refractivity contribution in [2.45, 2.75) is 46.1 Å². The summed E-state index contributed by atoms with van der Waals surface area (Å²) >= 11 is 5.87. The number of nitrogens with one attached hydrogen (secondary N) is 1. The van der Waals surface area contributed by atoms with Crippen LogP contribution in [0.5, 0.6) is 0 Å². The number of amides is 1. The van der Waals surface area contributed by atoms with Crippen LogP contribution in [0.1, 0.15) is 50.8 Å². The zero-order valence-corrected chi connectivity index (χ0v) is 17.1. The molecule has 1 unspecified atom stereocenters. The average Bonchev–Trinajstić information content (AvgIpc) is 3.36. The van der Waals surface area contributed by atoms with E-state index in [0.717, 1.165) is 29.9 Å². The second kappa shape index (κ2) is 6.99. The van der Waals surface area contributed by atoms with E-state index in [-0.39, 0.29) is 17.1 Å². The zero-order valence-electron chi connectivity index (χ0n) is 16.3. The number of carbonyl (C=O) groups is 1. The van der Waals surface area contributed by atoms with Gasteiger partial charge in [-0.3, -0.25) is 4.79 Å². The van der Waals surface area contributed by atoms with Crippen LogP contribution < -0.4 is 10.2 Å². The molecular formula is C21H24ClFN4O. The summed E-state index contributed by atoms with van der Waals surface area (Å²) in [7, 11) is 0. The highest BCUT2D eigenvalue weighted by molar-refractivity contribution is 6.29. The number of pyridine rings is 2. The Bertz CT molecular complexity index is 910. The molecule has 5 nitrogen and oxygen atoms in total. The molecule has 0 aromatic carbocycles. The molecule has 1 amide bonds. The van der Waals surface area contributed by atoms with Crippen molar-refractivity contribution in [3.8, 4) is 0 Å². The Kier molecular flexibility index (Phi) is 4.78. The summed E-state index contributed by atoms with van der Waals surface area (Å²) in [5.74, 6) is 0.205. The molecule has 28 heavy (non-hydrogen) atoms. The minimum Gasteiger partial charge on any atom is -0.365 e. The first-order valence-electron chi connectivity index (χ1n) is 9.55. The van der Waals surface area contributed by atoms with Gasteiger partial charge in [-0.2, -0.15) is 0 Å². The lowest BCUT2D eigenvalue weighted by atomic mass is 9.92. The van der Waals surface area contributed by atoms with Crippen LogP contribution in [-0.4, -0.2) is 22.4 Å². The van der Waals surface area contributed by atoms with Crippen molar-refractivity contribution >= 4 is 29.0 Å². The summed E-state index contributed by atoms with van der Waals surface area (Å²) in [5, 5.41) is 3.11. The third kappa shape index (κ3) is 4.12. The molecule has 0 radical (unpaired) electrons. The lowest BCUT2D eigenvalue weighted by Gasteiger charge is -2.31. The number of halogens is 2. The number of carbonyl (C=O) groups excluding carboxylic acids is 1. The summed E-state index contributed by atoms with van der Waals surface area (Å²) in [4.78, 5) is 23.0. The molecular weight excluding hydrogens is 379 g/mol. The molecule has 0 saturated heterocycles. The lowest BCUT2D eigenvalue weighted by Crippen LogP contribution is -2.30. The molecule has 1 aliphatic carbocycles. The molecule has 2 aromatic heterocycles. The normalized spacial score (nSPS) is 20.4. The van der Waals surface area contributed by atoms with Gasteiger partial charge in [-0.15, -0.1) is 0 Å². The van der Waals surface area contributed by atoms with Gasteiger partial charge in [0.25, 0.3) is 0 Å². The molecule has 0 bridgehead atoms. The maximum absolute atomic E-state index is 14.7. The summed E-state index contributed by atoms with van der Waals surface area (Å²) < 4.78 is 14.7. The van der Waals surface area contributed by atoms with Gasteiger partial charge in [0.05, 0.1) is 11.4 Å². The van der Waals surface area contributed by atoms with Gasteiger partial charge < -0.3 is 10.2 Å². The van der Waals surface area contributed by atoms with Gasteiger partial charge in [0.1, 0.15) is 5.15 Å². The van der Waals surface area contributed by atoms with Crippen LogP contribution in [0.4, 0.5) is 15.9 Å². The molecule has 1 aliphatic heterocycles. The third-order valence-electron chi connectivity index (χ3n) is 5.16. The molecule has 3 heterocycles. The SMILES string of the molecule is CC(C)(C)CC(=O)Nc1nc2c(cc1F)N(Cc1ccc(Cl)nc1)C[C@H]1CC21. The van der Waals surface area contributed by atoms with E-state index in [1.54, 1.807) is 12.3 Å². The van der Waals surface area contributed by atoms with Gasteiger partial charge in [0.2, 0.25) is 5.91 Å². The van der Waals surface area contributed by atoms with E-state index in [9.17, 15) is 9.18 Å². The number of hydrogen-bond acceptors (Lipinski definition) is 4. The quantitative estimate of drug-likeness (QED) is 0.748. The standard InChI is InChI=1S/C21H24ClFN4O/c1-21(2,3)8-18(28)25-20-15(23)7-16-19(26-20)14-6-13(14)11-27(16)10-12-4-5-17(22)24-9-12/h4-5,7,9,13-14H,6,8,10-11H2,1-3H3,(H,25,26,28)/t13-,14?/m1/s1. The highest BCUT2D eigenvalue weighted by atomic mass is 35.5. The first-order valence-corrected chi connectivity index (χ1v) is 9.93. The Hall–Kier alpha value is -2.21. The topological polar surface area (TPSA) is 58.1 Å². The smallest absolute Gasteiger partial charge is 0.226 e. The molecule has 7 heteroatoms. The van der Waals surface area contributed by atoms with E-state index >= 15 is 0 Å². The molecule has 1 saturated carbocycles. The molecule has 1 fully saturated rings. The Morgan fingerprint density at radius 1 is 1.39 bits per heavy atom. The molecule has 2 aromatic rings. The van der Waals surface area contributed by atoms with Crippen LogP contribution in [0.3, 0.4) is 0 Å². The zero-order chi connectivity index (χ0) is 20.1. The van der Waals surface area contributed by atoms with Gasteiger partial charge in [-0.05, 0) is 29.4 Å². The van der Waals surface area contributed by atoms with Crippen molar-refractivity contribution in [3.05, 3.63) is 46.6 Å². The Labute approximate surface area is 169 Å². The number of anilines is 2. The first-order chi connectivity index (χ1) is 13.2. The van der Waals surface area contributed by atoms with Crippen molar-refractivity contribution in [1.29, 1.82) is 0 Å². The van der Waals surface area contributed by atoms with E-state index < -0.39 is 5.82 Å². The monoisotopic (exact) mass is 402 g/mol. The first kappa shape index (κ1) is 19.1. The second-order valence-corrected chi connectivity index (χ2v) is 9.37. The van der Waals surface area contributed by atoms with Gasteiger partial charge in [0, 0.05) is 37.7 Å². The largest absolute Gasteiger partial charge is 0.365 e. The van der Waals surface area contributed by atoms with Crippen LogP contribution in [-0.2, 0) is 11.3 Å². The Morgan fingerprint density at radius 3 is 2.86 bits per heavy atom. The van der Waals surface area contributed by atoms with E-state index in [1.165, 1.54) is 6.07 Å². The molecule has 2 aliphatic rings. The van der Waals surface area contributed by atoms with Gasteiger partial charge in [0.15, 0.2) is 11.6 Å². The predicted molar refractivity (Wildman–Crippen MR) is 108 cm³/mol. The number of nitrogens with zero attached hydrogens (tertiary/aromatic N) is 3. The van der Waals surface area contributed by atoms with E-state index in [2.05, 4.69) is 20.2 Å². The maximum Gasteiger partial charge on any atom is 0.226 e. The third-order valence-corrected chi connectivity index (χ3v) is 5.39. The minimum atomic E-state index is -0.501. The predicted octanol–water partition coefficient (Wildman–Crippen LogP) is 4.77. The summed E-state index contributed by atoms with van der Waals surface area (Å²) in [5.41, 5.74) is 2.53. The van der Waals surface area contributed by atoms with E-state index in [4.69, 9.17) is 11.6 Å². The van der Waals surface area contributed by atoms with E-state index in [1.807, 2.05) is 26.8 Å². The molecule has 1 N–H and O–H groups in total. The number of hydrogen-bond donors (Lipinski definition) is 1. The van der Waals surface area contributed by atoms with Gasteiger partial charge >= 0.3 is 0 Å². The maximum atomic E-state index is 14.7. The fraction of sp³-hybridized carbons (Fsp3) is 0.476. The fourth-order valence-corrected chi connectivity index (χ4v) is 3.91. The minimum absolute atomic E-state index is 0.0358. The summed E-state index contributed by atoms with van der Waals surface area (Å²) in [6.07, 6.45) is 3.11. The average molecular weight is 403 g/mol. The molecule has 4 rings (SSSR count). The number of aromatic nitrogens is 2. The van der Waals surface area contributed by atoms with Crippen LogP contribution in [0.15, 0.2) is 24.4 Å². The van der Waals surface area contributed by atoms with Gasteiger partial charge in [-0.1, -0.05) is 38.4 Å². The van der Waals surface area contributed by atoms with Crippen molar-refractivity contribution in [1.82, 2.24) is 9.97 Å². The lowest BCUT2D eigenvalue weighted by molar-refractivity contribution is -0.117.